The van der Waals surface area contributed by atoms with Crippen molar-refractivity contribution in [2.75, 3.05) is 5.32 Å². The Morgan fingerprint density at radius 1 is 0.938 bits per heavy atom. The summed E-state index contributed by atoms with van der Waals surface area (Å²) in [5.41, 5.74) is 2.48. The zero-order chi connectivity index (χ0) is 22.3. The number of nitrogens with one attached hydrogen (secondary N) is 1. The van der Waals surface area contributed by atoms with Crippen LogP contribution in [0.5, 0.6) is 0 Å². The molecule has 6 heteroatoms. The molecule has 6 nitrogen and oxygen atoms in total. The molecule has 0 saturated carbocycles. The lowest BCUT2D eigenvalue weighted by atomic mass is 10.1. The first-order valence-electron chi connectivity index (χ1n) is 10.1. The number of hydrogen-bond donors (Lipinski definition) is 2. The van der Waals surface area contributed by atoms with Crippen molar-refractivity contribution in [2.45, 2.75) is 12.7 Å². The molecule has 4 rings (SSSR count). The van der Waals surface area contributed by atoms with Crippen molar-refractivity contribution in [1.82, 2.24) is 0 Å². The van der Waals surface area contributed by atoms with E-state index in [9.17, 15) is 14.7 Å². The number of carbonyl (C=O) groups is 2. The molecule has 1 amide bonds. The molecule has 0 fully saturated rings. The normalized spacial score (nSPS) is 15.0. The molecular weight excluding hydrogens is 406 g/mol. The van der Waals surface area contributed by atoms with Gasteiger partial charge in [0.1, 0.15) is 6.26 Å². The third-order valence-electron chi connectivity index (χ3n) is 4.85. The van der Waals surface area contributed by atoms with Crippen LogP contribution in [0, 0.1) is 0 Å². The fraction of sp³-hybridized carbons (Fsp3) is 0.0769. The number of allylic oxidation sites excluding steroid dienone is 1. The highest BCUT2D eigenvalue weighted by Gasteiger charge is 2.18. The lowest BCUT2D eigenvalue weighted by Crippen LogP contribution is -2.14. The molecule has 0 bridgehead atoms. The van der Waals surface area contributed by atoms with E-state index in [0.29, 0.717) is 23.3 Å². The molecule has 0 saturated heterocycles. The van der Waals surface area contributed by atoms with Gasteiger partial charge in [0.25, 0.3) is 5.91 Å². The highest BCUT2D eigenvalue weighted by molar-refractivity contribution is 6.07. The molecule has 32 heavy (non-hydrogen) atoms. The van der Waals surface area contributed by atoms with E-state index in [4.69, 9.17) is 9.47 Å². The van der Waals surface area contributed by atoms with Crippen LogP contribution in [0.15, 0.2) is 97.0 Å². The largest absolute Gasteiger partial charge is 0.478 e. The van der Waals surface area contributed by atoms with Gasteiger partial charge in [0.2, 0.25) is 6.29 Å². The van der Waals surface area contributed by atoms with Crippen molar-refractivity contribution in [2.24, 2.45) is 0 Å². The van der Waals surface area contributed by atoms with Gasteiger partial charge in [0.05, 0.1) is 11.3 Å². The van der Waals surface area contributed by atoms with E-state index in [0.717, 1.165) is 5.56 Å². The lowest BCUT2D eigenvalue weighted by molar-refractivity contribution is -0.0268. The number of anilines is 1. The number of hydrogen-bond acceptors (Lipinski definition) is 4. The molecule has 1 atom stereocenters. The van der Waals surface area contributed by atoms with Crippen LogP contribution in [0.4, 0.5) is 5.69 Å². The van der Waals surface area contributed by atoms with Gasteiger partial charge in [-0.05, 0) is 41.5 Å². The summed E-state index contributed by atoms with van der Waals surface area (Å²) in [7, 11) is 0. The number of ether oxygens (including phenoxy) is 2. The van der Waals surface area contributed by atoms with Crippen LogP contribution in [0.25, 0.3) is 6.08 Å². The van der Waals surface area contributed by atoms with Crippen LogP contribution < -0.4 is 5.32 Å². The molecule has 0 aromatic heterocycles. The maximum absolute atomic E-state index is 12.5. The SMILES string of the molecule is O=C(Nc1cc(C=CC2=COC(Cc3ccccc3)O2)ccc1C(=O)O)c1ccccc1. The molecule has 160 valence electrons. The van der Waals surface area contributed by atoms with E-state index in [1.54, 1.807) is 60.9 Å². The highest BCUT2D eigenvalue weighted by atomic mass is 16.7. The first kappa shape index (κ1) is 20.9. The van der Waals surface area contributed by atoms with Gasteiger partial charge in [-0.3, -0.25) is 4.79 Å². The standard InChI is InChI=1S/C26H21NO5/c28-25(20-9-5-2-6-10-20)27-23-15-19(12-14-22(23)26(29)30)11-13-21-17-31-24(32-21)16-18-7-3-1-4-8-18/h1-15,17,24H,16H2,(H,27,28)(H,29,30). The predicted octanol–water partition coefficient (Wildman–Crippen LogP) is 5.11. The van der Waals surface area contributed by atoms with Crippen molar-refractivity contribution in [3.63, 3.8) is 0 Å². The molecular formula is C26H21NO5. The van der Waals surface area contributed by atoms with Gasteiger partial charge in [-0.1, -0.05) is 60.7 Å². The molecule has 3 aromatic carbocycles. The Labute approximate surface area is 185 Å². The van der Waals surface area contributed by atoms with Crippen molar-refractivity contribution >= 4 is 23.6 Å². The second-order valence-electron chi connectivity index (χ2n) is 7.16. The molecule has 0 spiro atoms. The van der Waals surface area contributed by atoms with Gasteiger partial charge >= 0.3 is 5.97 Å². The van der Waals surface area contributed by atoms with Crippen LogP contribution in [-0.2, 0) is 15.9 Å². The average molecular weight is 427 g/mol. The Balaban J connectivity index is 1.45. The van der Waals surface area contributed by atoms with Gasteiger partial charge in [-0.2, -0.15) is 0 Å². The number of carbonyl (C=O) groups excluding carboxylic acids is 1. The van der Waals surface area contributed by atoms with Crippen molar-refractivity contribution in [3.8, 4) is 0 Å². The van der Waals surface area contributed by atoms with E-state index < -0.39 is 12.3 Å². The Kier molecular flexibility index (Phi) is 6.32. The summed E-state index contributed by atoms with van der Waals surface area (Å²) in [6.45, 7) is 0. The number of rotatable bonds is 7. The second-order valence-corrected chi connectivity index (χ2v) is 7.16. The third kappa shape index (κ3) is 5.23. The van der Waals surface area contributed by atoms with Gasteiger partial charge in [0, 0.05) is 12.0 Å². The van der Waals surface area contributed by atoms with E-state index in [-0.39, 0.29) is 17.2 Å². The Bertz CT molecular complexity index is 1170. The van der Waals surface area contributed by atoms with E-state index >= 15 is 0 Å². The second kappa shape index (κ2) is 9.66. The zero-order valence-corrected chi connectivity index (χ0v) is 17.1. The smallest absolute Gasteiger partial charge is 0.337 e. The van der Waals surface area contributed by atoms with E-state index in [1.165, 1.54) is 6.07 Å². The molecule has 1 heterocycles. The third-order valence-corrected chi connectivity index (χ3v) is 4.85. The zero-order valence-electron chi connectivity index (χ0n) is 17.1. The van der Waals surface area contributed by atoms with Crippen molar-refractivity contribution in [1.29, 1.82) is 0 Å². The minimum atomic E-state index is -1.12. The van der Waals surface area contributed by atoms with E-state index in [1.807, 2.05) is 30.3 Å². The Hall–Kier alpha value is -4.32. The molecule has 0 aliphatic carbocycles. The highest BCUT2D eigenvalue weighted by Crippen LogP contribution is 2.23. The summed E-state index contributed by atoms with van der Waals surface area (Å²) < 4.78 is 11.4. The van der Waals surface area contributed by atoms with Crippen LogP contribution in [0.3, 0.4) is 0 Å². The number of carboxylic acid groups (broad SMARTS) is 1. The Morgan fingerprint density at radius 3 is 2.38 bits per heavy atom. The van der Waals surface area contributed by atoms with Gasteiger partial charge in [-0.15, -0.1) is 0 Å². The monoisotopic (exact) mass is 427 g/mol. The first-order valence-corrected chi connectivity index (χ1v) is 10.1. The topological polar surface area (TPSA) is 84.9 Å². The summed E-state index contributed by atoms with van der Waals surface area (Å²) in [5, 5.41) is 12.2. The summed E-state index contributed by atoms with van der Waals surface area (Å²) in [6, 6.07) is 23.3. The number of aromatic carboxylic acids is 1. The maximum atomic E-state index is 12.5. The van der Waals surface area contributed by atoms with Crippen molar-refractivity contribution < 1.29 is 24.2 Å². The average Bonchev–Trinajstić information content (AvgIpc) is 3.26. The van der Waals surface area contributed by atoms with Crippen LogP contribution in [-0.4, -0.2) is 23.3 Å². The number of carboxylic acids is 1. The number of amides is 1. The van der Waals surface area contributed by atoms with Crippen LogP contribution in [0.2, 0.25) is 0 Å². The first-order chi connectivity index (χ1) is 15.6. The fourth-order valence-electron chi connectivity index (χ4n) is 3.24. The lowest BCUT2D eigenvalue weighted by Gasteiger charge is -2.11. The predicted molar refractivity (Wildman–Crippen MR) is 121 cm³/mol. The molecule has 1 unspecified atom stereocenters. The summed E-state index contributed by atoms with van der Waals surface area (Å²) in [5.74, 6) is -0.945. The summed E-state index contributed by atoms with van der Waals surface area (Å²) in [4.78, 5) is 24.1. The van der Waals surface area contributed by atoms with Crippen LogP contribution in [0.1, 0.15) is 31.8 Å². The summed E-state index contributed by atoms with van der Waals surface area (Å²) >= 11 is 0. The Morgan fingerprint density at radius 2 is 1.66 bits per heavy atom. The van der Waals surface area contributed by atoms with E-state index in [2.05, 4.69) is 5.32 Å². The maximum Gasteiger partial charge on any atom is 0.337 e. The molecule has 1 aliphatic heterocycles. The van der Waals surface area contributed by atoms with Gasteiger partial charge in [-0.25, -0.2) is 4.79 Å². The fourth-order valence-corrected chi connectivity index (χ4v) is 3.24. The minimum absolute atomic E-state index is 0.00835. The van der Waals surface area contributed by atoms with Gasteiger partial charge < -0.3 is 19.9 Å². The summed E-state index contributed by atoms with van der Waals surface area (Å²) in [6.07, 6.45) is 5.28. The molecule has 2 N–H and O–H groups in total. The molecule has 1 aliphatic rings. The number of benzene rings is 3. The quantitative estimate of drug-likeness (QED) is 0.548. The minimum Gasteiger partial charge on any atom is -0.478 e. The van der Waals surface area contributed by atoms with Crippen molar-refractivity contribution in [3.05, 3.63) is 119 Å². The molecule has 0 radical (unpaired) electrons. The van der Waals surface area contributed by atoms with Crippen LogP contribution >= 0.6 is 0 Å². The molecule has 3 aromatic rings. The van der Waals surface area contributed by atoms with Gasteiger partial charge in [0.15, 0.2) is 5.76 Å².